The van der Waals surface area contributed by atoms with Crippen LogP contribution in [0, 0.1) is 0 Å². The highest BCUT2D eigenvalue weighted by atomic mass is 16.3. The van der Waals surface area contributed by atoms with Crippen LogP contribution in [0.25, 0.3) is 34.2 Å². The second-order valence-corrected chi connectivity index (χ2v) is 6.43. The highest BCUT2D eigenvalue weighted by molar-refractivity contribution is 5.92. The van der Waals surface area contributed by atoms with E-state index >= 15 is 0 Å². The summed E-state index contributed by atoms with van der Waals surface area (Å²) >= 11 is 0. The smallest absolute Gasteiger partial charge is 0.246 e. The summed E-state index contributed by atoms with van der Waals surface area (Å²) in [6, 6.07) is 19.7. The molecule has 2 heterocycles. The molecular weight excluding hydrogens is 338 g/mol. The third kappa shape index (κ3) is 3.40. The van der Waals surface area contributed by atoms with Crippen LogP contribution in [-0.2, 0) is 4.79 Å². The Morgan fingerprint density at radius 2 is 1.81 bits per heavy atom. The van der Waals surface area contributed by atoms with Crippen LogP contribution >= 0.6 is 0 Å². The van der Waals surface area contributed by atoms with Crippen LogP contribution in [0.1, 0.15) is 5.56 Å². The predicted molar refractivity (Wildman–Crippen MR) is 107 cm³/mol. The van der Waals surface area contributed by atoms with Crippen molar-refractivity contribution in [3.05, 3.63) is 78.5 Å². The number of benzene rings is 2. The number of amides is 1. The van der Waals surface area contributed by atoms with E-state index in [9.17, 15) is 4.79 Å². The predicted octanol–water partition coefficient (Wildman–Crippen LogP) is 4.39. The molecule has 2 aromatic carbocycles. The molecule has 0 atom stereocenters. The summed E-state index contributed by atoms with van der Waals surface area (Å²) in [6.07, 6.45) is 5.22. The van der Waals surface area contributed by atoms with Gasteiger partial charge in [0.05, 0.1) is 5.69 Å². The summed E-state index contributed by atoms with van der Waals surface area (Å²) in [6.45, 7) is 0. The van der Waals surface area contributed by atoms with Crippen molar-refractivity contribution >= 4 is 23.0 Å². The van der Waals surface area contributed by atoms with Gasteiger partial charge in [0.25, 0.3) is 0 Å². The molecule has 4 rings (SSSR count). The molecule has 5 nitrogen and oxygen atoms in total. The largest absolute Gasteiger partial charge is 0.454 e. The van der Waals surface area contributed by atoms with Crippen molar-refractivity contribution in [1.29, 1.82) is 0 Å². The van der Waals surface area contributed by atoms with Crippen LogP contribution in [0.4, 0.5) is 0 Å². The summed E-state index contributed by atoms with van der Waals surface area (Å²) in [4.78, 5) is 13.5. The molecule has 0 N–H and O–H groups in total. The average molecular weight is 357 g/mol. The summed E-state index contributed by atoms with van der Waals surface area (Å²) in [5.41, 5.74) is 3.25. The number of rotatable bonds is 4. The summed E-state index contributed by atoms with van der Waals surface area (Å²) in [7, 11) is 3.44. The standard InChI is InChI=1S/C22H19N3O2/c1-24(2)21(26)13-12-17-15-25(18-9-4-3-5-10-18)23-22(17)20-14-16-8-6-7-11-19(16)27-20/h3-15H,1-2H3. The summed E-state index contributed by atoms with van der Waals surface area (Å²) in [5.74, 6) is 0.584. The second kappa shape index (κ2) is 6.96. The van der Waals surface area contributed by atoms with Crippen LogP contribution in [0.15, 0.2) is 77.4 Å². The van der Waals surface area contributed by atoms with Crippen molar-refractivity contribution in [2.45, 2.75) is 0 Å². The monoisotopic (exact) mass is 357 g/mol. The highest BCUT2D eigenvalue weighted by Crippen LogP contribution is 2.30. The lowest BCUT2D eigenvalue weighted by Crippen LogP contribution is -2.18. The molecule has 0 unspecified atom stereocenters. The van der Waals surface area contributed by atoms with E-state index in [1.807, 2.05) is 66.9 Å². The molecule has 0 saturated carbocycles. The van der Waals surface area contributed by atoms with Crippen LogP contribution in [0.3, 0.4) is 0 Å². The van der Waals surface area contributed by atoms with Gasteiger partial charge in [0.1, 0.15) is 11.3 Å². The zero-order valence-electron chi connectivity index (χ0n) is 15.2. The third-order valence-electron chi connectivity index (χ3n) is 4.27. The molecule has 0 aliphatic carbocycles. The maximum absolute atomic E-state index is 12.0. The number of nitrogens with zero attached hydrogens (tertiary/aromatic N) is 3. The van der Waals surface area contributed by atoms with E-state index in [1.54, 1.807) is 30.9 Å². The first kappa shape index (κ1) is 16.8. The van der Waals surface area contributed by atoms with Gasteiger partial charge in [-0.2, -0.15) is 5.10 Å². The van der Waals surface area contributed by atoms with Gasteiger partial charge in [-0.3, -0.25) is 4.79 Å². The Labute approximate surface area is 157 Å². The molecule has 2 aromatic heterocycles. The molecule has 0 aliphatic rings. The van der Waals surface area contributed by atoms with Crippen LogP contribution in [0.5, 0.6) is 0 Å². The van der Waals surface area contributed by atoms with Gasteiger partial charge in [0.15, 0.2) is 5.76 Å². The number of hydrogen-bond acceptors (Lipinski definition) is 3. The van der Waals surface area contributed by atoms with Crippen LogP contribution in [-0.4, -0.2) is 34.7 Å². The lowest BCUT2D eigenvalue weighted by molar-refractivity contribution is -0.123. The average Bonchev–Trinajstić information content (AvgIpc) is 3.30. The van der Waals surface area contributed by atoms with Gasteiger partial charge in [-0.1, -0.05) is 36.4 Å². The molecular formula is C22H19N3O2. The molecule has 0 fully saturated rings. The van der Waals surface area contributed by atoms with Crippen LogP contribution in [0.2, 0.25) is 0 Å². The molecule has 0 radical (unpaired) electrons. The fourth-order valence-electron chi connectivity index (χ4n) is 2.82. The number of hydrogen-bond donors (Lipinski definition) is 0. The number of likely N-dealkylation sites (N-methyl/N-ethyl adjacent to an activating group) is 1. The van der Waals surface area contributed by atoms with E-state index in [-0.39, 0.29) is 5.91 Å². The van der Waals surface area contributed by atoms with Crippen molar-refractivity contribution in [2.24, 2.45) is 0 Å². The lowest BCUT2D eigenvalue weighted by atomic mass is 10.2. The van der Waals surface area contributed by atoms with E-state index in [1.165, 1.54) is 4.90 Å². The fourth-order valence-corrected chi connectivity index (χ4v) is 2.82. The molecule has 4 aromatic rings. The van der Waals surface area contributed by atoms with Crippen molar-refractivity contribution in [3.63, 3.8) is 0 Å². The Morgan fingerprint density at radius 3 is 2.56 bits per heavy atom. The lowest BCUT2D eigenvalue weighted by Gasteiger charge is -2.04. The minimum Gasteiger partial charge on any atom is -0.454 e. The van der Waals surface area contributed by atoms with Crippen molar-refractivity contribution in [3.8, 4) is 17.1 Å². The number of carbonyl (C=O) groups is 1. The first-order valence-electron chi connectivity index (χ1n) is 8.65. The fraction of sp³-hybridized carbons (Fsp3) is 0.0909. The van der Waals surface area contributed by atoms with Crippen molar-refractivity contribution in [2.75, 3.05) is 14.1 Å². The quantitative estimate of drug-likeness (QED) is 0.509. The third-order valence-corrected chi connectivity index (χ3v) is 4.27. The Kier molecular flexibility index (Phi) is 4.34. The maximum atomic E-state index is 12.0. The van der Waals surface area contributed by atoms with Gasteiger partial charge >= 0.3 is 0 Å². The second-order valence-electron chi connectivity index (χ2n) is 6.43. The molecule has 27 heavy (non-hydrogen) atoms. The number of fused-ring (bicyclic) bond motifs is 1. The van der Waals surface area contributed by atoms with E-state index in [0.29, 0.717) is 11.5 Å². The number of carbonyl (C=O) groups excluding carboxylic acids is 1. The van der Waals surface area contributed by atoms with Crippen LogP contribution < -0.4 is 0 Å². The van der Waals surface area contributed by atoms with E-state index < -0.39 is 0 Å². The SMILES string of the molecule is CN(C)C(=O)C=Cc1cn(-c2ccccc2)nc1-c1cc2ccccc2o1. The van der Waals surface area contributed by atoms with Gasteiger partial charge in [0, 0.05) is 37.3 Å². The van der Waals surface area contributed by atoms with E-state index in [2.05, 4.69) is 0 Å². The molecule has 0 saturated heterocycles. The van der Waals surface area contributed by atoms with Gasteiger partial charge in [-0.05, 0) is 30.3 Å². The Morgan fingerprint density at radius 1 is 1.07 bits per heavy atom. The summed E-state index contributed by atoms with van der Waals surface area (Å²) in [5, 5.41) is 5.73. The summed E-state index contributed by atoms with van der Waals surface area (Å²) < 4.78 is 7.79. The first-order chi connectivity index (χ1) is 13.1. The zero-order valence-corrected chi connectivity index (χ0v) is 15.2. The molecule has 0 bridgehead atoms. The van der Waals surface area contributed by atoms with E-state index in [0.717, 1.165) is 22.2 Å². The highest BCUT2D eigenvalue weighted by Gasteiger charge is 2.15. The number of furan rings is 1. The first-order valence-corrected chi connectivity index (χ1v) is 8.65. The zero-order chi connectivity index (χ0) is 18.8. The van der Waals surface area contributed by atoms with Gasteiger partial charge in [-0.25, -0.2) is 4.68 Å². The normalized spacial score (nSPS) is 11.3. The molecule has 1 amide bonds. The maximum Gasteiger partial charge on any atom is 0.246 e. The van der Waals surface area contributed by atoms with Gasteiger partial charge < -0.3 is 9.32 Å². The molecule has 0 aliphatic heterocycles. The minimum absolute atomic E-state index is 0.0852. The molecule has 134 valence electrons. The minimum atomic E-state index is -0.0852. The van der Waals surface area contributed by atoms with Gasteiger partial charge in [-0.15, -0.1) is 0 Å². The van der Waals surface area contributed by atoms with E-state index in [4.69, 9.17) is 9.52 Å². The number of aromatic nitrogens is 2. The van der Waals surface area contributed by atoms with Crippen molar-refractivity contribution in [1.82, 2.24) is 14.7 Å². The van der Waals surface area contributed by atoms with Gasteiger partial charge in [0.2, 0.25) is 5.91 Å². The topological polar surface area (TPSA) is 51.3 Å². The molecule has 5 heteroatoms. The number of para-hydroxylation sites is 2. The van der Waals surface area contributed by atoms with Crippen molar-refractivity contribution < 1.29 is 9.21 Å². The Hall–Kier alpha value is -3.60. The molecule has 0 spiro atoms. The Bertz CT molecular complexity index is 1090. The Balaban J connectivity index is 1.82.